The second-order valence-electron chi connectivity index (χ2n) is 5.47. The molecule has 0 bridgehead atoms. The van der Waals surface area contributed by atoms with Crippen molar-refractivity contribution < 1.29 is 4.79 Å². The summed E-state index contributed by atoms with van der Waals surface area (Å²) in [5.41, 5.74) is 6.60. The molecule has 0 spiro atoms. The van der Waals surface area contributed by atoms with E-state index in [4.69, 9.17) is 5.73 Å². The summed E-state index contributed by atoms with van der Waals surface area (Å²) in [6, 6.07) is 7.12. The molecule has 0 aliphatic rings. The molecule has 19 heavy (non-hydrogen) atoms. The van der Waals surface area contributed by atoms with E-state index in [0.29, 0.717) is 12.1 Å². The summed E-state index contributed by atoms with van der Waals surface area (Å²) in [5.74, 6) is 0.399. The molecule has 0 unspecified atom stereocenters. The number of rotatable bonds is 3. The van der Waals surface area contributed by atoms with Crippen molar-refractivity contribution in [1.29, 1.82) is 0 Å². The van der Waals surface area contributed by atoms with Crippen molar-refractivity contribution in [3.05, 3.63) is 41.2 Å². The molecule has 6 heteroatoms. The van der Waals surface area contributed by atoms with Crippen LogP contribution in [0.1, 0.15) is 42.5 Å². The molecule has 1 aromatic heterocycles. The molecule has 1 aromatic carbocycles. The van der Waals surface area contributed by atoms with E-state index in [1.165, 1.54) is 0 Å². The lowest BCUT2D eigenvalue weighted by atomic mass is 9.96. The van der Waals surface area contributed by atoms with Gasteiger partial charge in [-0.05, 0) is 28.1 Å². The molecule has 2 rings (SSSR count). The molecule has 0 saturated heterocycles. The highest BCUT2D eigenvalue weighted by Crippen LogP contribution is 2.19. The molecule has 0 aliphatic heterocycles. The van der Waals surface area contributed by atoms with Crippen LogP contribution in [0.4, 0.5) is 0 Å². The van der Waals surface area contributed by atoms with Crippen LogP contribution in [0.2, 0.25) is 0 Å². The predicted octanol–water partition coefficient (Wildman–Crippen LogP) is 1.12. The van der Waals surface area contributed by atoms with Gasteiger partial charge < -0.3 is 5.73 Å². The quantitative estimate of drug-likeness (QED) is 0.894. The number of primary amides is 1. The number of carbonyl (C=O) groups is 1. The Morgan fingerprint density at radius 2 is 1.89 bits per heavy atom. The van der Waals surface area contributed by atoms with Crippen LogP contribution in [0.5, 0.6) is 0 Å². The highest BCUT2D eigenvalue weighted by molar-refractivity contribution is 5.92. The maximum absolute atomic E-state index is 11.0. The summed E-state index contributed by atoms with van der Waals surface area (Å²) in [6.07, 6.45) is 0. The van der Waals surface area contributed by atoms with Crippen molar-refractivity contribution in [1.82, 2.24) is 20.2 Å². The molecule has 2 aromatic rings. The number of nitrogens with two attached hydrogens (primary N) is 1. The number of aromatic nitrogens is 4. The van der Waals surface area contributed by atoms with Gasteiger partial charge in [-0.15, -0.1) is 5.10 Å². The number of tetrazole rings is 1. The lowest BCUT2D eigenvalue weighted by molar-refractivity contribution is 0.100. The van der Waals surface area contributed by atoms with E-state index in [-0.39, 0.29) is 5.41 Å². The van der Waals surface area contributed by atoms with Gasteiger partial charge in [0.2, 0.25) is 5.91 Å². The fourth-order valence-corrected chi connectivity index (χ4v) is 1.80. The van der Waals surface area contributed by atoms with Crippen LogP contribution in [0, 0.1) is 0 Å². The molecular formula is C13H17N5O. The van der Waals surface area contributed by atoms with E-state index in [1.54, 1.807) is 16.8 Å². The topological polar surface area (TPSA) is 86.7 Å². The third-order valence-corrected chi connectivity index (χ3v) is 2.77. The summed E-state index contributed by atoms with van der Waals surface area (Å²) in [4.78, 5) is 11.0. The first-order chi connectivity index (χ1) is 8.88. The number of nitrogens with zero attached hydrogens (tertiary/aromatic N) is 4. The zero-order valence-corrected chi connectivity index (χ0v) is 11.3. The molecule has 0 aliphatic carbocycles. The van der Waals surface area contributed by atoms with Crippen molar-refractivity contribution in [2.45, 2.75) is 32.7 Å². The van der Waals surface area contributed by atoms with Crippen molar-refractivity contribution in [3.8, 4) is 0 Å². The third-order valence-electron chi connectivity index (χ3n) is 2.77. The number of hydrogen-bond acceptors (Lipinski definition) is 4. The van der Waals surface area contributed by atoms with Gasteiger partial charge >= 0.3 is 0 Å². The minimum absolute atomic E-state index is 0.114. The number of carbonyl (C=O) groups excluding carboxylic acids is 1. The molecule has 0 atom stereocenters. The van der Waals surface area contributed by atoms with E-state index in [2.05, 4.69) is 36.3 Å². The fraction of sp³-hybridized carbons (Fsp3) is 0.385. The first-order valence-corrected chi connectivity index (χ1v) is 6.03. The van der Waals surface area contributed by atoms with E-state index in [9.17, 15) is 4.79 Å². The zero-order valence-electron chi connectivity index (χ0n) is 11.3. The van der Waals surface area contributed by atoms with Gasteiger partial charge in [0.15, 0.2) is 5.82 Å². The molecule has 100 valence electrons. The Morgan fingerprint density at radius 1 is 1.26 bits per heavy atom. The third kappa shape index (κ3) is 2.96. The summed E-state index contributed by atoms with van der Waals surface area (Å²) < 4.78 is 1.76. The normalized spacial score (nSPS) is 11.5. The van der Waals surface area contributed by atoms with Crippen LogP contribution in [0.25, 0.3) is 0 Å². The predicted molar refractivity (Wildman–Crippen MR) is 70.6 cm³/mol. The van der Waals surface area contributed by atoms with Crippen LogP contribution < -0.4 is 5.73 Å². The summed E-state index contributed by atoms with van der Waals surface area (Å²) in [6.45, 7) is 6.75. The van der Waals surface area contributed by atoms with Gasteiger partial charge in [0.25, 0.3) is 0 Å². The van der Waals surface area contributed by atoms with Gasteiger partial charge in [0.1, 0.15) is 0 Å². The minimum atomic E-state index is -0.427. The molecule has 1 heterocycles. The molecular weight excluding hydrogens is 242 g/mol. The largest absolute Gasteiger partial charge is 0.366 e. The van der Waals surface area contributed by atoms with Gasteiger partial charge in [-0.2, -0.15) is 0 Å². The Labute approximate surface area is 111 Å². The van der Waals surface area contributed by atoms with Crippen molar-refractivity contribution in [2.24, 2.45) is 5.73 Å². The van der Waals surface area contributed by atoms with Gasteiger partial charge in [-0.3, -0.25) is 4.79 Å². The van der Waals surface area contributed by atoms with Gasteiger partial charge in [-0.25, -0.2) is 4.68 Å². The first kappa shape index (κ1) is 13.2. The maximum Gasteiger partial charge on any atom is 0.248 e. The Bertz CT molecular complexity index is 580. The number of hydrogen-bond donors (Lipinski definition) is 1. The maximum atomic E-state index is 11.0. The second kappa shape index (κ2) is 4.79. The Balaban J connectivity index is 2.22. The van der Waals surface area contributed by atoms with Crippen LogP contribution in [-0.4, -0.2) is 26.1 Å². The van der Waals surface area contributed by atoms with E-state index >= 15 is 0 Å². The van der Waals surface area contributed by atoms with Crippen molar-refractivity contribution in [2.75, 3.05) is 0 Å². The van der Waals surface area contributed by atoms with E-state index in [1.807, 2.05) is 12.1 Å². The Hall–Kier alpha value is -2.24. The molecule has 0 radical (unpaired) electrons. The highest BCUT2D eigenvalue weighted by atomic mass is 16.1. The van der Waals surface area contributed by atoms with Crippen LogP contribution in [-0.2, 0) is 12.0 Å². The number of benzene rings is 1. The lowest BCUT2D eigenvalue weighted by Gasteiger charge is -2.17. The van der Waals surface area contributed by atoms with Gasteiger partial charge in [-0.1, -0.05) is 32.9 Å². The van der Waals surface area contributed by atoms with Gasteiger partial charge in [0.05, 0.1) is 6.54 Å². The smallest absolute Gasteiger partial charge is 0.248 e. The van der Waals surface area contributed by atoms with Crippen LogP contribution >= 0.6 is 0 Å². The average molecular weight is 259 g/mol. The molecule has 6 nitrogen and oxygen atoms in total. The SMILES string of the molecule is CC(C)(C)c1nnnn1Cc1ccc(C(N)=O)cc1. The minimum Gasteiger partial charge on any atom is -0.366 e. The monoisotopic (exact) mass is 259 g/mol. The van der Waals surface area contributed by atoms with E-state index < -0.39 is 5.91 Å². The summed E-state index contributed by atoms with van der Waals surface area (Å²) in [7, 11) is 0. The Kier molecular flexibility index (Phi) is 3.33. The molecule has 0 saturated carbocycles. The van der Waals surface area contributed by atoms with Crippen LogP contribution in [0.15, 0.2) is 24.3 Å². The lowest BCUT2D eigenvalue weighted by Crippen LogP contribution is -2.20. The van der Waals surface area contributed by atoms with E-state index in [0.717, 1.165) is 11.4 Å². The van der Waals surface area contributed by atoms with Crippen molar-refractivity contribution >= 4 is 5.91 Å². The average Bonchev–Trinajstić information content (AvgIpc) is 2.77. The second-order valence-corrected chi connectivity index (χ2v) is 5.47. The van der Waals surface area contributed by atoms with Crippen molar-refractivity contribution in [3.63, 3.8) is 0 Å². The standard InChI is InChI=1S/C13H17N5O/c1-13(2,3)12-15-16-17-18(12)8-9-4-6-10(7-5-9)11(14)19/h4-7H,8H2,1-3H3,(H2,14,19). The summed E-state index contributed by atoms with van der Waals surface area (Å²) >= 11 is 0. The molecule has 2 N–H and O–H groups in total. The summed E-state index contributed by atoms with van der Waals surface area (Å²) in [5, 5.41) is 11.8. The zero-order chi connectivity index (χ0) is 14.0. The number of amides is 1. The van der Waals surface area contributed by atoms with Gasteiger partial charge in [0, 0.05) is 11.0 Å². The Morgan fingerprint density at radius 3 is 2.42 bits per heavy atom. The molecule has 1 amide bonds. The van der Waals surface area contributed by atoms with Crippen LogP contribution in [0.3, 0.4) is 0 Å². The highest BCUT2D eigenvalue weighted by Gasteiger charge is 2.21. The first-order valence-electron chi connectivity index (χ1n) is 6.03. The fourth-order valence-electron chi connectivity index (χ4n) is 1.80. The molecule has 0 fully saturated rings.